The summed E-state index contributed by atoms with van der Waals surface area (Å²) in [5.41, 5.74) is 2.30. The molecule has 10 nitrogen and oxygen atoms in total. The molecule has 6 rings (SSSR count). The van der Waals surface area contributed by atoms with E-state index >= 15 is 0 Å². The number of hydrogen-bond donors (Lipinski definition) is 2. The van der Waals surface area contributed by atoms with Gasteiger partial charge in [0.15, 0.2) is 5.60 Å². The van der Waals surface area contributed by atoms with Crippen LogP contribution in [0, 0.1) is 0 Å². The van der Waals surface area contributed by atoms with Crippen LogP contribution in [-0.4, -0.2) is 58.7 Å². The highest BCUT2D eigenvalue weighted by Gasteiger charge is 2.46. The van der Waals surface area contributed by atoms with Gasteiger partial charge in [0.25, 0.3) is 5.56 Å². The molecule has 10 heteroatoms. The van der Waals surface area contributed by atoms with E-state index in [4.69, 9.17) is 9.72 Å². The number of carbonyl (C=O) groups is 2. The number of anilines is 2. The van der Waals surface area contributed by atoms with Crippen molar-refractivity contribution in [1.82, 2.24) is 14.5 Å². The third kappa shape index (κ3) is 2.90. The van der Waals surface area contributed by atoms with Gasteiger partial charge in [-0.2, -0.15) is 0 Å². The number of nitrogens with zero attached hydrogens (tertiary/aromatic N) is 4. The fourth-order valence-corrected chi connectivity index (χ4v) is 5.31. The quantitative estimate of drug-likeness (QED) is 0.434. The number of ether oxygens (including phenoxy) is 1. The van der Waals surface area contributed by atoms with Crippen LogP contribution in [0.5, 0.6) is 0 Å². The van der Waals surface area contributed by atoms with Crippen LogP contribution in [-0.2, 0) is 28.3 Å². The van der Waals surface area contributed by atoms with Crippen molar-refractivity contribution in [3.05, 3.63) is 51.3 Å². The minimum atomic E-state index is -1.89. The minimum absolute atomic E-state index is 0.0762. The van der Waals surface area contributed by atoms with Crippen LogP contribution in [0.25, 0.3) is 22.3 Å². The Bertz CT molecular complexity index is 1510. The summed E-state index contributed by atoms with van der Waals surface area (Å²) in [5, 5.41) is 14.9. The number of pyridine rings is 2. The van der Waals surface area contributed by atoms with Gasteiger partial charge < -0.3 is 24.6 Å². The Balaban J connectivity index is 1.63. The molecular formula is C25H25N5O5. The Kier molecular flexibility index (Phi) is 4.58. The highest BCUT2D eigenvalue weighted by atomic mass is 16.6. The summed E-state index contributed by atoms with van der Waals surface area (Å²) in [6.07, 6.45) is 0.0762. The summed E-state index contributed by atoms with van der Waals surface area (Å²) in [6, 6.07) is 7.01. The van der Waals surface area contributed by atoms with Crippen molar-refractivity contribution in [3.8, 4) is 11.4 Å². The van der Waals surface area contributed by atoms with E-state index in [0.29, 0.717) is 35.7 Å². The number of hydrogen-bond acceptors (Lipinski definition) is 7. The third-order valence-corrected chi connectivity index (χ3v) is 7.21. The lowest BCUT2D eigenvalue weighted by molar-refractivity contribution is -0.172. The number of likely N-dealkylation sites (N-methyl/N-ethyl adjacent to an activating group) is 1. The molecule has 0 saturated carbocycles. The fraction of sp³-hybridized carbons (Fsp3) is 0.360. The van der Waals surface area contributed by atoms with Gasteiger partial charge in [0.05, 0.1) is 40.4 Å². The summed E-state index contributed by atoms with van der Waals surface area (Å²) < 4.78 is 6.76. The van der Waals surface area contributed by atoms with E-state index < -0.39 is 11.6 Å². The molecule has 1 aromatic carbocycles. The maximum atomic E-state index is 13.6. The van der Waals surface area contributed by atoms with Gasteiger partial charge in [-0.25, -0.2) is 14.6 Å². The van der Waals surface area contributed by atoms with Crippen molar-refractivity contribution in [1.29, 1.82) is 0 Å². The van der Waals surface area contributed by atoms with Crippen LogP contribution in [0.2, 0.25) is 0 Å². The van der Waals surface area contributed by atoms with Gasteiger partial charge >= 0.3 is 12.0 Å². The zero-order valence-electron chi connectivity index (χ0n) is 19.7. The molecule has 0 spiro atoms. The maximum Gasteiger partial charge on any atom is 0.343 e. The SMILES string of the molecule is CCC1(O)C(=O)OCc2c1cc1n(c2=O)Cc2c-1nc1cccc3c1c2N(CCN(C)C)C(=O)N3. The topological polar surface area (TPSA) is 117 Å². The van der Waals surface area contributed by atoms with Gasteiger partial charge in [-0.15, -0.1) is 0 Å². The number of fused-ring (bicyclic) bond motifs is 5. The van der Waals surface area contributed by atoms with Crippen molar-refractivity contribution in [2.75, 3.05) is 37.4 Å². The van der Waals surface area contributed by atoms with Crippen molar-refractivity contribution < 1.29 is 19.4 Å². The maximum absolute atomic E-state index is 13.6. The van der Waals surface area contributed by atoms with Gasteiger partial charge in [0.1, 0.15) is 6.61 Å². The summed E-state index contributed by atoms with van der Waals surface area (Å²) in [4.78, 5) is 47.7. The average Bonchev–Trinajstić information content (AvgIpc) is 3.20. The molecular weight excluding hydrogens is 450 g/mol. The zero-order valence-corrected chi connectivity index (χ0v) is 19.7. The van der Waals surface area contributed by atoms with Crippen LogP contribution >= 0.6 is 0 Å². The van der Waals surface area contributed by atoms with Gasteiger partial charge in [0, 0.05) is 29.6 Å². The van der Waals surface area contributed by atoms with E-state index in [1.54, 1.807) is 22.5 Å². The first kappa shape index (κ1) is 21.8. The molecule has 1 atom stereocenters. The lowest BCUT2D eigenvalue weighted by Crippen LogP contribution is -2.44. The zero-order chi connectivity index (χ0) is 24.6. The first-order chi connectivity index (χ1) is 16.7. The summed E-state index contributed by atoms with van der Waals surface area (Å²) in [6.45, 7) is 2.83. The molecule has 0 saturated heterocycles. The molecule has 2 amide bonds. The molecule has 0 bridgehead atoms. The Morgan fingerprint density at radius 2 is 2.03 bits per heavy atom. The predicted octanol–water partition coefficient (Wildman–Crippen LogP) is 1.99. The van der Waals surface area contributed by atoms with Crippen LogP contribution in [0.1, 0.15) is 30.0 Å². The molecule has 2 aromatic heterocycles. The second-order valence-corrected chi connectivity index (χ2v) is 9.48. The number of urea groups is 1. The van der Waals surface area contributed by atoms with Crippen LogP contribution in [0.3, 0.4) is 0 Å². The minimum Gasteiger partial charge on any atom is -0.458 e. The van der Waals surface area contributed by atoms with Crippen molar-refractivity contribution >= 4 is 34.3 Å². The third-order valence-electron chi connectivity index (χ3n) is 7.21. The summed E-state index contributed by atoms with van der Waals surface area (Å²) in [5.74, 6) is -0.757. The Hall–Kier alpha value is -3.76. The first-order valence-corrected chi connectivity index (χ1v) is 11.6. The van der Waals surface area contributed by atoms with Crippen molar-refractivity contribution in [3.63, 3.8) is 0 Å². The molecule has 5 heterocycles. The molecule has 0 radical (unpaired) electrons. The summed E-state index contributed by atoms with van der Waals surface area (Å²) in [7, 11) is 3.89. The molecule has 2 N–H and O–H groups in total. The van der Waals surface area contributed by atoms with Crippen molar-refractivity contribution in [2.45, 2.75) is 32.1 Å². The number of cyclic esters (lactones) is 1. The highest BCUT2D eigenvalue weighted by Crippen LogP contribution is 2.46. The van der Waals surface area contributed by atoms with Crippen molar-refractivity contribution in [2.24, 2.45) is 0 Å². The standard InChI is InChI=1S/C25H25N5O5/c1-4-25(34)15-10-18-20-13(11-30(18)22(31)14(15)12-35-23(25)32)21-19-16(26-20)6-5-7-17(19)27-24(33)29(21)9-8-28(2)3/h5-7,10,34H,4,8-9,11-12H2,1-3H3,(H,27,33). The Morgan fingerprint density at radius 3 is 2.77 bits per heavy atom. The smallest absolute Gasteiger partial charge is 0.343 e. The van der Waals surface area contributed by atoms with E-state index in [1.807, 2.05) is 37.2 Å². The Morgan fingerprint density at radius 1 is 1.23 bits per heavy atom. The van der Waals surface area contributed by atoms with Gasteiger partial charge in [-0.1, -0.05) is 13.0 Å². The number of aliphatic hydroxyl groups is 1. The van der Waals surface area contributed by atoms with Crippen LogP contribution in [0.15, 0.2) is 29.1 Å². The number of amides is 2. The first-order valence-electron chi connectivity index (χ1n) is 11.6. The molecule has 0 aliphatic carbocycles. The average molecular weight is 476 g/mol. The van der Waals surface area contributed by atoms with E-state index in [-0.39, 0.29) is 42.3 Å². The summed E-state index contributed by atoms with van der Waals surface area (Å²) >= 11 is 0. The molecule has 3 aliphatic rings. The van der Waals surface area contributed by atoms with Gasteiger partial charge in [-0.05, 0) is 38.7 Å². The molecule has 35 heavy (non-hydrogen) atoms. The van der Waals surface area contributed by atoms with Gasteiger partial charge in [-0.3, -0.25) is 9.69 Å². The highest BCUT2D eigenvalue weighted by molar-refractivity contribution is 6.19. The molecule has 1 unspecified atom stereocenters. The Labute approximate surface area is 200 Å². The van der Waals surface area contributed by atoms with E-state index in [0.717, 1.165) is 16.6 Å². The predicted molar refractivity (Wildman–Crippen MR) is 129 cm³/mol. The fourth-order valence-electron chi connectivity index (χ4n) is 5.31. The molecule has 3 aromatic rings. The second kappa shape index (κ2) is 7.37. The number of esters is 1. The number of aromatic nitrogens is 2. The normalized spacial score (nSPS) is 20.0. The van der Waals surface area contributed by atoms with E-state index in [1.165, 1.54) is 0 Å². The molecule has 0 fully saturated rings. The number of carbonyl (C=O) groups excluding carboxylic acids is 2. The molecule has 3 aliphatic heterocycles. The lowest BCUT2D eigenvalue weighted by atomic mass is 9.86. The number of benzene rings is 1. The van der Waals surface area contributed by atoms with Crippen LogP contribution < -0.4 is 15.8 Å². The molecule has 180 valence electrons. The lowest BCUT2D eigenvalue weighted by Gasteiger charge is -2.32. The monoisotopic (exact) mass is 475 g/mol. The van der Waals surface area contributed by atoms with E-state index in [9.17, 15) is 19.5 Å². The second-order valence-electron chi connectivity index (χ2n) is 9.48. The van der Waals surface area contributed by atoms with Crippen LogP contribution in [0.4, 0.5) is 16.2 Å². The van der Waals surface area contributed by atoms with E-state index in [2.05, 4.69) is 5.32 Å². The number of rotatable bonds is 4. The largest absolute Gasteiger partial charge is 0.458 e. The number of nitrogens with one attached hydrogen (secondary N) is 1. The van der Waals surface area contributed by atoms with Gasteiger partial charge in [0.2, 0.25) is 0 Å².